The van der Waals surface area contributed by atoms with E-state index in [1.165, 1.54) is 0 Å². The Balaban J connectivity index is 1.45. The normalized spacial score (nSPS) is 14.8. The van der Waals surface area contributed by atoms with E-state index in [0.29, 0.717) is 19.3 Å². The summed E-state index contributed by atoms with van der Waals surface area (Å²) in [5.41, 5.74) is 2.76. The molecule has 1 aromatic heterocycles. The lowest BCUT2D eigenvalue weighted by Gasteiger charge is -2.32. The highest BCUT2D eigenvalue weighted by molar-refractivity contribution is 5.90. The number of amides is 2. The third-order valence-corrected chi connectivity index (χ3v) is 4.81. The zero-order valence-corrected chi connectivity index (χ0v) is 15.7. The Morgan fingerprint density at radius 3 is 2.44 bits per heavy atom. The van der Waals surface area contributed by atoms with E-state index >= 15 is 0 Å². The molecule has 6 heteroatoms. The Labute approximate surface area is 160 Å². The second kappa shape index (κ2) is 9.28. The van der Waals surface area contributed by atoms with Gasteiger partial charge in [-0.25, -0.2) is 0 Å². The smallest absolute Gasteiger partial charge is 0.227 e. The van der Waals surface area contributed by atoms with E-state index in [1.807, 2.05) is 41.3 Å². The number of hydrogen-bond acceptors (Lipinski definition) is 4. The Bertz CT molecular complexity index is 754. The Morgan fingerprint density at radius 2 is 1.78 bits per heavy atom. The molecule has 1 aliphatic rings. The molecule has 142 valence electrons. The number of nitrogens with one attached hydrogen (secondary N) is 1. The topological polar surface area (TPSA) is 65.5 Å². The minimum Gasteiger partial charge on any atom is -0.340 e. The number of aromatic nitrogens is 1. The van der Waals surface area contributed by atoms with Gasteiger partial charge in [-0.15, -0.1) is 0 Å². The van der Waals surface area contributed by atoms with Gasteiger partial charge >= 0.3 is 0 Å². The van der Waals surface area contributed by atoms with Crippen molar-refractivity contribution in [3.8, 4) is 0 Å². The maximum atomic E-state index is 12.4. The van der Waals surface area contributed by atoms with Crippen LogP contribution in [-0.2, 0) is 22.4 Å². The standard InChI is InChI=1S/C21H26N4O2/c1-24-11-13-25(14-12-24)21(27)15-17-4-7-19(8-5-17)23-20(26)9-6-18-3-2-10-22-16-18/h2-5,7-8,10,16H,6,9,11-15H2,1H3,(H,23,26). The predicted molar refractivity (Wildman–Crippen MR) is 105 cm³/mol. The third kappa shape index (κ3) is 5.89. The van der Waals surface area contributed by atoms with Crippen LogP contribution < -0.4 is 5.32 Å². The van der Waals surface area contributed by atoms with Crippen LogP contribution in [0.2, 0.25) is 0 Å². The predicted octanol–water partition coefficient (Wildman–Crippen LogP) is 1.97. The van der Waals surface area contributed by atoms with E-state index < -0.39 is 0 Å². The molecule has 1 fully saturated rings. The number of hydrogen-bond donors (Lipinski definition) is 1. The van der Waals surface area contributed by atoms with Gasteiger partial charge in [0, 0.05) is 50.7 Å². The zero-order valence-electron chi connectivity index (χ0n) is 15.7. The van der Waals surface area contributed by atoms with E-state index in [-0.39, 0.29) is 11.8 Å². The van der Waals surface area contributed by atoms with Gasteiger partial charge in [-0.05, 0) is 42.8 Å². The lowest BCUT2D eigenvalue weighted by Crippen LogP contribution is -2.47. The summed E-state index contributed by atoms with van der Waals surface area (Å²) in [4.78, 5) is 32.7. The summed E-state index contributed by atoms with van der Waals surface area (Å²) in [6, 6.07) is 11.4. The van der Waals surface area contributed by atoms with E-state index in [0.717, 1.165) is 43.0 Å². The Kier molecular flexibility index (Phi) is 6.54. The molecule has 0 bridgehead atoms. The summed E-state index contributed by atoms with van der Waals surface area (Å²) >= 11 is 0. The highest BCUT2D eigenvalue weighted by atomic mass is 16.2. The largest absolute Gasteiger partial charge is 0.340 e. The molecule has 2 aromatic rings. The molecule has 0 atom stereocenters. The van der Waals surface area contributed by atoms with Gasteiger partial charge in [-0.1, -0.05) is 18.2 Å². The number of anilines is 1. The average molecular weight is 366 g/mol. The SMILES string of the molecule is CN1CCN(C(=O)Cc2ccc(NC(=O)CCc3cccnc3)cc2)CC1. The molecule has 2 heterocycles. The second-order valence-corrected chi connectivity index (χ2v) is 6.97. The average Bonchev–Trinajstić information content (AvgIpc) is 2.69. The number of carbonyl (C=O) groups excluding carboxylic acids is 2. The van der Waals surface area contributed by atoms with Crippen molar-refractivity contribution < 1.29 is 9.59 Å². The highest BCUT2D eigenvalue weighted by Crippen LogP contribution is 2.13. The number of benzene rings is 1. The zero-order chi connectivity index (χ0) is 19.1. The van der Waals surface area contributed by atoms with Gasteiger partial charge in [0.1, 0.15) is 0 Å². The fraction of sp³-hybridized carbons (Fsp3) is 0.381. The van der Waals surface area contributed by atoms with Gasteiger partial charge in [-0.3, -0.25) is 14.6 Å². The van der Waals surface area contributed by atoms with Crippen LogP contribution >= 0.6 is 0 Å². The van der Waals surface area contributed by atoms with Gasteiger partial charge in [0.15, 0.2) is 0 Å². The molecule has 1 saturated heterocycles. The van der Waals surface area contributed by atoms with Gasteiger partial charge in [-0.2, -0.15) is 0 Å². The van der Waals surface area contributed by atoms with Gasteiger partial charge in [0.2, 0.25) is 11.8 Å². The lowest BCUT2D eigenvalue weighted by molar-refractivity contribution is -0.132. The van der Waals surface area contributed by atoms with Crippen molar-refractivity contribution in [2.24, 2.45) is 0 Å². The molecule has 2 amide bonds. The Morgan fingerprint density at radius 1 is 1.04 bits per heavy atom. The van der Waals surface area contributed by atoms with Crippen LogP contribution in [0.1, 0.15) is 17.5 Å². The van der Waals surface area contributed by atoms with Crippen LogP contribution in [0.4, 0.5) is 5.69 Å². The first-order chi connectivity index (χ1) is 13.1. The van der Waals surface area contributed by atoms with Crippen LogP contribution in [0.3, 0.4) is 0 Å². The first-order valence-corrected chi connectivity index (χ1v) is 9.34. The number of pyridine rings is 1. The number of aryl methyl sites for hydroxylation is 1. The molecule has 27 heavy (non-hydrogen) atoms. The fourth-order valence-electron chi connectivity index (χ4n) is 3.08. The van der Waals surface area contributed by atoms with Crippen molar-refractivity contribution >= 4 is 17.5 Å². The van der Waals surface area contributed by atoms with Gasteiger partial charge in [0.25, 0.3) is 0 Å². The highest BCUT2D eigenvalue weighted by Gasteiger charge is 2.19. The molecule has 3 rings (SSSR count). The summed E-state index contributed by atoms with van der Waals surface area (Å²) in [6.45, 7) is 3.44. The molecule has 1 N–H and O–H groups in total. The number of nitrogens with zero attached hydrogens (tertiary/aromatic N) is 3. The van der Waals surface area contributed by atoms with Crippen molar-refractivity contribution in [1.82, 2.24) is 14.8 Å². The van der Waals surface area contributed by atoms with Crippen LogP contribution in [0.25, 0.3) is 0 Å². The maximum Gasteiger partial charge on any atom is 0.227 e. The number of likely N-dealkylation sites (N-methyl/N-ethyl adjacent to an activating group) is 1. The number of piperazine rings is 1. The molecule has 0 unspecified atom stereocenters. The van der Waals surface area contributed by atoms with E-state index in [2.05, 4.69) is 22.2 Å². The molecule has 0 saturated carbocycles. The van der Waals surface area contributed by atoms with Crippen molar-refractivity contribution in [3.63, 3.8) is 0 Å². The van der Waals surface area contributed by atoms with Crippen LogP contribution in [-0.4, -0.2) is 59.8 Å². The molecule has 1 aliphatic heterocycles. The minimum absolute atomic E-state index is 0.0277. The molecule has 6 nitrogen and oxygen atoms in total. The van der Waals surface area contributed by atoms with Crippen molar-refractivity contribution in [1.29, 1.82) is 0 Å². The first kappa shape index (κ1) is 19.0. The van der Waals surface area contributed by atoms with Crippen LogP contribution in [0, 0.1) is 0 Å². The van der Waals surface area contributed by atoms with E-state index in [4.69, 9.17) is 0 Å². The molecule has 0 radical (unpaired) electrons. The number of carbonyl (C=O) groups is 2. The monoisotopic (exact) mass is 366 g/mol. The molecule has 1 aromatic carbocycles. The van der Waals surface area contributed by atoms with E-state index in [9.17, 15) is 9.59 Å². The fourth-order valence-corrected chi connectivity index (χ4v) is 3.08. The van der Waals surface area contributed by atoms with Crippen molar-refractivity contribution in [2.75, 3.05) is 38.5 Å². The molecular formula is C21H26N4O2. The summed E-state index contributed by atoms with van der Waals surface area (Å²) in [6.07, 6.45) is 4.98. The van der Waals surface area contributed by atoms with Gasteiger partial charge in [0.05, 0.1) is 6.42 Å². The lowest BCUT2D eigenvalue weighted by atomic mass is 10.1. The minimum atomic E-state index is -0.0277. The van der Waals surface area contributed by atoms with Crippen molar-refractivity contribution in [2.45, 2.75) is 19.3 Å². The van der Waals surface area contributed by atoms with Crippen LogP contribution in [0.15, 0.2) is 48.8 Å². The maximum absolute atomic E-state index is 12.4. The quantitative estimate of drug-likeness (QED) is 0.849. The number of rotatable bonds is 6. The summed E-state index contributed by atoms with van der Waals surface area (Å²) < 4.78 is 0. The van der Waals surface area contributed by atoms with E-state index in [1.54, 1.807) is 12.4 Å². The molecule has 0 spiro atoms. The molecular weight excluding hydrogens is 340 g/mol. The molecule has 0 aliphatic carbocycles. The Hall–Kier alpha value is -2.73. The van der Waals surface area contributed by atoms with Gasteiger partial charge < -0.3 is 15.1 Å². The van der Waals surface area contributed by atoms with Crippen LogP contribution in [0.5, 0.6) is 0 Å². The summed E-state index contributed by atoms with van der Waals surface area (Å²) in [5.74, 6) is 0.136. The summed E-state index contributed by atoms with van der Waals surface area (Å²) in [5, 5.41) is 2.90. The first-order valence-electron chi connectivity index (χ1n) is 9.34. The summed E-state index contributed by atoms with van der Waals surface area (Å²) in [7, 11) is 2.07. The third-order valence-electron chi connectivity index (χ3n) is 4.81. The second-order valence-electron chi connectivity index (χ2n) is 6.97. The van der Waals surface area contributed by atoms with Crippen molar-refractivity contribution in [3.05, 3.63) is 59.9 Å².